The highest BCUT2D eigenvalue weighted by molar-refractivity contribution is 5.85. The molecule has 2 atom stereocenters. The van der Waals surface area contributed by atoms with Crippen LogP contribution in [-0.2, 0) is 16.0 Å². The second-order valence-corrected chi connectivity index (χ2v) is 5.73. The van der Waals surface area contributed by atoms with Crippen molar-refractivity contribution in [2.75, 3.05) is 0 Å². The number of carbonyl (C=O) groups is 2. The smallest absolute Gasteiger partial charge is 0.326 e. The average molecular weight is 291 g/mol. The zero-order valence-electron chi connectivity index (χ0n) is 13.0. The van der Waals surface area contributed by atoms with Gasteiger partial charge in [-0.15, -0.1) is 0 Å². The van der Waals surface area contributed by atoms with Gasteiger partial charge in [0.1, 0.15) is 6.04 Å². The van der Waals surface area contributed by atoms with Gasteiger partial charge in [-0.05, 0) is 17.9 Å². The number of carboxylic acids is 1. The van der Waals surface area contributed by atoms with E-state index < -0.39 is 12.0 Å². The summed E-state index contributed by atoms with van der Waals surface area (Å²) in [5.41, 5.74) is 0.904. The Hall–Kier alpha value is -1.84. The summed E-state index contributed by atoms with van der Waals surface area (Å²) in [4.78, 5) is 23.7. The van der Waals surface area contributed by atoms with Crippen LogP contribution in [-0.4, -0.2) is 23.0 Å². The molecule has 0 saturated heterocycles. The number of benzene rings is 1. The minimum atomic E-state index is -0.994. The highest BCUT2D eigenvalue weighted by Gasteiger charge is 2.26. The van der Waals surface area contributed by atoms with E-state index >= 15 is 0 Å². The maximum absolute atomic E-state index is 12.3. The number of hydrogen-bond donors (Lipinski definition) is 2. The average Bonchev–Trinajstić information content (AvgIpc) is 2.44. The van der Waals surface area contributed by atoms with Gasteiger partial charge in [0.2, 0.25) is 5.91 Å². The zero-order valence-corrected chi connectivity index (χ0v) is 13.0. The number of amides is 1. The van der Waals surface area contributed by atoms with Crippen molar-refractivity contribution in [3.05, 3.63) is 35.9 Å². The second kappa shape index (κ2) is 8.45. The Morgan fingerprint density at radius 3 is 2.29 bits per heavy atom. The van der Waals surface area contributed by atoms with E-state index in [0.717, 1.165) is 18.4 Å². The third-order valence-electron chi connectivity index (χ3n) is 3.64. The van der Waals surface area contributed by atoms with Crippen LogP contribution in [0, 0.1) is 11.8 Å². The lowest BCUT2D eigenvalue weighted by molar-refractivity contribution is -0.142. The van der Waals surface area contributed by atoms with Gasteiger partial charge >= 0.3 is 5.97 Å². The Balaban J connectivity index is 2.74. The highest BCUT2D eigenvalue weighted by Crippen LogP contribution is 2.17. The maximum atomic E-state index is 12.3. The van der Waals surface area contributed by atoms with E-state index in [2.05, 4.69) is 5.32 Å². The Kier molecular flexibility index (Phi) is 6.92. The van der Waals surface area contributed by atoms with E-state index in [1.54, 1.807) is 0 Å². The maximum Gasteiger partial charge on any atom is 0.326 e. The molecule has 0 bridgehead atoms. The molecule has 0 aromatic heterocycles. The molecule has 0 spiro atoms. The third-order valence-corrected chi connectivity index (χ3v) is 3.64. The molecule has 2 unspecified atom stereocenters. The molecule has 0 aliphatic heterocycles. The number of nitrogens with one attached hydrogen (secondary N) is 1. The molecule has 4 heteroatoms. The lowest BCUT2D eigenvalue weighted by atomic mass is 9.90. The molecule has 1 aromatic carbocycles. The van der Waals surface area contributed by atoms with Gasteiger partial charge in [0, 0.05) is 12.3 Å². The van der Waals surface area contributed by atoms with Crippen molar-refractivity contribution in [2.24, 2.45) is 11.8 Å². The molecule has 4 nitrogen and oxygen atoms in total. The van der Waals surface area contributed by atoms with Crippen molar-refractivity contribution >= 4 is 11.9 Å². The first-order valence-corrected chi connectivity index (χ1v) is 7.52. The van der Waals surface area contributed by atoms with Gasteiger partial charge in [-0.25, -0.2) is 4.79 Å². The van der Waals surface area contributed by atoms with E-state index in [0.29, 0.717) is 6.42 Å². The first-order chi connectivity index (χ1) is 9.95. The van der Waals surface area contributed by atoms with Crippen LogP contribution in [0.15, 0.2) is 30.3 Å². The number of carboxylic acid groups (broad SMARTS) is 1. The molecule has 1 rings (SSSR count). The van der Waals surface area contributed by atoms with E-state index in [-0.39, 0.29) is 17.7 Å². The number of aliphatic carboxylic acids is 1. The summed E-state index contributed by atoms with van der Waals surface area (Å²) >= 11 is 0. The molecule has 1 aromatic rings. The van der Waals surface area contributed by atoms with E-state index in [9.17, 15) is 14.7 Å². The monoisotopic (exact) mass is 291 g/mol. The molecule has 21 heavy (non-hydrogen) atoms. The van der Waals surface area contributed by atoms with Crippen molar-refractivity contribution in [3.63, 3.8) is 0 Å². The Labute approximate surface area is 126 Å². The van der Waals surface area contributed by atoms with E-state index in [1.165, 1.54) is 0 Å². The molecule has 0 fully saturated rings. The fraction of sp³-hybridized carbons (Fsp3) is 0.529. The number of carbonyl (C=O) groups excluding carboxylic acids is 1. The van der Waals surface area contributed by atoms with Crippen LogP contribution in [0.3, 0.4) is 0 Å². The molecule has 0 heterocycles. The molecular formula is C17H25NO3. The molecule has 2 N–H and O–H groups in total. The van der Waals surface area contributed by atoms with Crippen LogP contribution in [0.1, 0.15) is 39.2 Å². The van der Waals surface area contributed by atoms with Crippen molar-refractivity contribution in [2.45, 2.75) is 46.1 Å². The molecular weight excluding hydrogens is 266 g/mol. The summed E-state index contributed by atoms with van der Waals surface area (Å²) in [5, 5.41) is 12.0. The van der Waals surface area contributed by atoms with Crippen LogP contribution >= 0.6 is 0 Å². The summed E-state index contributed by atoms with van der Waals surface area (Å²) in [7, 11) is 0. The normalized spacial score (nSPS) is 13.7. The SMILES string of the molecule is CCCC(C(=O)NC(Cc1ccccc1)C(=O)O)C(C)C. The van der Waals surface area contributed by atoms with E-state index in [1.807, 2.05) is 51.1 Å². The van der Waals surface area contributed by atoms with Gasteiger partial charge in [0.15, 0.2) is 0 Å². The minimum Gasteiger partial charge on any atom is -0.480 e. The first kappa shape index (κ1) is 17.2. The predicted octanol–water partition coefficient (Wildman–Crippen LogP) is 2.87. The zero-order chi connectivity index (χ0) is 15.8. The van der Waals surface area contributed by atoms with Crippen LogP contribution < -0.4 is 5.32 Å². The van der Waals surface area contributed by atoms with Gasteiger partial charge in [-0.1, -0.05) is 57.5 Å². The Bertz CT molecular complexity index is 456. The summed E-state index contributed by atoms with van der Waals surface area (Å²) in [6.45, 7) is 6.01. The summed E-state index contributed by atoms with van der Waals surface area (Å²) in [6.07, 6.45) is 1.99. The predicted molar refractivity (Wildman–Crippen MR) is 82.9 cm³/mol. The van der Waals surface area contributed by atoms with Gasteiger partial charge in [-0.2, -0.15) is 0 Å². The highest BCUT2D eigenvalue weighted by atomic mass is 16.4. The molecule has 0 radical (unpaired) electrons. The Morgan fingerprint density at radius 2 is 1.81 bits per heavy atom. The van der Waals surface area contributed by atoms with Crippen LogP contribution in [0.2, 0.25) is 0 Å². The van der Waals surface area contributed by atoms with Gasteiger partial charge in [0.05, 0.1) is 0 Å². The van der Waals surface area contributed by atoms with Gasteiger partial charge < -0.3 is 10.4 Å². The van der Waals surface area contributed by atoms with Gasteiger partial charge in [0.25, 0.3) is 0 Å². The lowest BCUT2D eigenvalue weighted by Gasteiger charge is -2.22. The molecule has 0 aliphatic carbocycles. The topological polar surface area (TPSA) is 66.4 Å². The van der Waals surface area contributed by atoms with Crippen molar-refractivity contribution < 1.29 is 14.7 Å². The van der Waals surface area contributed by atoms with Gasteiger partial charge in [-0.3, -0.25) is 4.79 Å². The van der Waals surface area contributed by atoms with Crippen LogP contribution in [0.4, 0.5) is 0 Å². The summed E-state index contributed by atoms with van der Waals surface area (Å²) in [6, 6.07) is 8.47. The fourth-order valence-electron chi connectivity index (χ4n) is 2.41. The first-order valence-electron chi connectivity index (χ1n) is 7.52. The van der Waals surface area contributed by atoms with Crippen molar-refractivity contribution in [1.82, 2.24) is 5.32 Å². The quantitative estimate of drug-likeness (QED) is 0.774. The molecule has 0 aliphatic rings. The molecule has 0 saturated carbocycles. The van der Waals surface area contributed by atoms with Crippen molar-refractivity contribution in [3.8, 4) is 0 Å². The minimum absolute atomic E-state index is 0.132. The summed E-state index contributed by atoms with van der Waals surface area (Å²) in [5.74, 6) is -1.08. The van der Waals surface area contributed by atoms with E-state index in [4.69, 9.17) is 0 Å². The fourth-order valence-corrected chi connectivity index (χ4v) is 2.41. The summed E-state index contributed by atoms with van der Waals surface area (Å²) < 4.78 is 0. The van der Waals surface area contributed by atoms with Crippen LogP contribution in [0.25, 0.3) is 0 Å². The Morgan fingerprint density at radius 1 is 1.19 bits per heavy atom. The number of hydrogen-bond acceptors (Lipinski definition) is 2. The van der Waals surface area contributed by atoms with Crippen molar-refractivity contribution in [1.29, 1.82) is 0 Å². The molecule has 1 amide bonds. The second-order valence-electron chi connectivity index (χ2n) is 5.73. The number of rotatable bonds is 8. The largest absolute Gasteiger partial charge is 0.480 e. The molecule has 116 valence electrons. The van der Waals surface area contributed by atoms with Crippen LogP contribution in [0.5, 0.6) is 0 Å². The lowest BCUT2D eigenvalue weighted by Crippen LogP contribution is -2.45. The third kappa shape index (κ3) is 5.58. The standard InChI is InChI=1S/C17H25NO3/c1-4-8-14(12(2)3)16(19)18-15(17(20)21)11-13-9-6-5-7-10-13/h5-7,9-10,12,14-15H,4,8,11H2,1-3H3,(H,18,19)(H,20,21).